The SMILES string of the molecule is CCCSc1nc2c(c(=O)[nH]1)[C@@H](c1cccs1)[C@H]1C(=O)CC(C)(C)C=C1N2. The number of carbonyl (C=O) groups is 1. The van der Waals surface area contributed by atoms with E-state index in [2.05, 4.69) is 42.1 Å². The molecule has 0 amide bonds. The van der Waals surface area contributed by atoms with Crippen molar-refractivity contribution < 1.29 is 4.79 Å². The molecule has 0 fully saturated rings. The Kier molecular flexibility index (Phi) is 4.76. The van der Waals surface area contributed by atoms with Gasteiger partial charge in [0, 0.05) is 28.7 Å². The molecule has 5 nitrogen and oxygen atoms in total. The number of fused-ring (bicyclic) bond motifs is 2. The molecule has 3 heterocycles. The summed E-state index contributed by atoms with van der Waals surface area (Å²) in [5.74, 6) is 1.04. The maximum atomic E-state index is 13.1. The Balaban J connectivity index is 1.90. The number of nitrogens with zero attached hydrogens (tertiary/aromatic N) is 1. The summed E-state index contributed by atoms with van der Waals surface area (Å²) < 4.78 is 0. The Morgan fingerprint density at radius 2 is 2.15 bits per heavy atom. The van der Waals surface area contributed by atoms with E-state index in [0.717, 1.165) is 22.7 Å². The number of thiophene rings is 1. The topological polar surface area (TPSA) is 74.8 Å². The molecular weight excluding hydrogens is 378 g/mol. The Hall–Kier alpha value is -1.86. The number of ketones is 1. The van der Waals surface area contributed by atoms with Crippen molar-refractivity contribution >= 4 is 34.7 Å². The molecule has 1 aliphatic carbocycles. The van der Waals surface area contributed by atoms with Crippen LogP contribution in [0.3, 0.4) is 0 Å². The van der Waals surface area contributed by atoms with Gasteiger partial charge in [0.2, 0.25) is 0 Å². The summed E-state index contributed by atoms with van der Waals surface area (Å²) in [6, 6.07) is 3.98. The minimum Gasteiger partial charge on any atom is -0.343 e. The standard InChI is InChI=1S/C20H23N3O2S2/c1-4-7-27-19-22-17-16(18(25)23-19)15(13-6-5-8-26-13)14-11(21-17)9-20(2,3)10-12(14)24/h5-6,8-9,14-15H,4,7,10H2,1-3H3,(H2,21,22,23,25)/t14-,15+/m1/s1. The van der Waals surface area contributed by atoms with Gasteiger partial charge in [-0.25, -0.2) is 4.98 Å². The quantitative estimate of drug-likeness (QED) is 0.587. The maximum absolute atomic E-state index is 13.1. The molecule has 2 aromatic heterocycles. The highest BCUT2D eigenvalue weighted by Crippen LogP contribution is 2.48. The number of aromatic amines is 1. The van der Waals surface area contributed by atoms with Crippen molar-refractivity contribution in [3.05, 3.63) is 50.1 Å². The van der Waals surface area contributed by atoms with Crippen molar-refractivity contribution in [1.82, 2.24) is 9.97 Å². The van der Waals surface area contributed by atoms with Crippen molar-refractivity contribution in [3.63, 3.8) is 0 Å². The monoisotopic (exact) mass is 401 g/mol. The lowest BCUT2D eigenvalue weighted by Crippen LogP contribution is -2.41. The van der Waals surface area contributed by atoms with E-state index in [1.54, 1.807) is 23.1 Å². The summed E-state index contributed by atoms with van der Waals surface area (Å²) in [6.45, 7) is 6.23. The van der Waals surface area contributed by atoms with Crippen LogP contribution in [0.5, 0.6) is 0 Å². The van der Waals surface area contributed by atoms with Crippen molar-refractivity contribution in [2.45, 2.75) is 44.7 Å². The molecule has 2 aliphatic rings. The first-order valence-corrected chi connectivity index (χ1v) is 11.1. The van der Waals surface area contributed by atoms with Gasteiger partial charge in [-0.05, 0) is 23.3 Å². The summed E-state index contributed by atoms with van der Waals surface area (Å²) >= 11 is 3.13. The van der Waals surface area contributed by atoms with E-state index in [9.17, 15) is 9.59 Å². The molecule has 0 saturated heterocycles. The summed E-state index contributed by atoms with van der Waals surface area (Å²) in [7, 11) is 0. The first kappa shape index (κ1) is 18.5. The van der Waals surface area contributed by atoms with Crippen LogP contribution in [0.4, 0.5) is 5.82 Å². The second-order valence-electron chi connectivity index (χ2n) is 7.81. The van der Waals surface area contributed by atoms with Gasteiger partial charge in [0.1, 0.15) is 11.6 Å². The van der Waals surface area contributed by atoms with Crippen LogP contribution in [0.15, 0.2) is 39.2 Å². The Bertz CT molecular complexity index is 960. The average Bonchev–Trinajstić information content (AvgIpc) is 3.11. The van der Waals surface area contributed by atoms with Crippen molar-refractivity contribution in [1.29, 1.82) is 0 Å². The van der Waals surface area contributed by atoms with Gasteiger partial charge in [0.15, 0.2) is 5.16 Å². The first-order valence-electron chi connectivity index (χ1n) is 9.22. The van der Waals surface area contributed by atoms with E-state index in [0.29, 0.717) is 23.0 Å². The maximum Gasteiger partial charge on any atom is 0.257 e. The Morgan fingerprint density at radius 1 is 1.33 bits per heavy atom. The van der Waals surface area contributed by atoms with Gasteiger partial charge in [-0.2, -0.15) is 0 Å². The van der Waals surface area contributed by atoms with Gasteiger partial charge in [-0.1, -0.05) is 44.7 Å². The lowest BCUT2D eigenvalue weighted by atomic mass is 9.68. The molecule has 0 unspecified atom stereocenters. The predicted molar refractivity (Wildman–Crippen MR) is 111 cm³/mol. The molecule has 2 atom stereocenters. The van der Waals surface area contributed by atoms with E-state index in [4.69, 9.17) is 0 Å². The highest BCUT2D eigenvalue weighted by atomic mass is 32.2. The number of thioether (sulfide) groups is 1. The van der Waals surface area contributed by atoms with E-state index in [1.165, 1.54) is 0 Å². The number of carbonyl (C=O) groups excluding carboxylic acids is 1. The molecule has 2 aromatic rings. The minimum atomic E-state index is -0.346. The van der Waals surface area contributed by atoms with Crippen molar-refractivity contribution in [3.8, 4) is 0 Å². The molecule has 4 rings (SSSR count). The number of H-pyrrole nitrogens is 1. The molecular formula is C20H23N3O2S2. The molecule has 142 valence electrons. The third-order valence-corrected chi connectivity index (χ3v) is 7.03. The number of nitrogens with one attached hydrogen (secondary N) is 2. The fourth-order valence-electron chi connectivity index (χ4n) is 3.96. The van der Waals surface area contributed by atoms with Crippen LogP contribution in [0.1, 0.15) is 50.0 Å². The minimum absolute atomic E-state index is 0.152. The molecule has 0 spiro atoms. The van der Waals surface area contributed by atoms with Crippen LogP contribution in [0.25, 0.3) is 0 Å². The third-order valence-electron chi connectivity index (χ3n) is 4.99. The first-order chi connectivity index (χ1) is 12.9. The fraction of sp³-hybridized carbons (Fsp3) is 0.450. The van der Waals surface area contributed by atoms with E-state index in [-0.39, 0.29) is 28.6 Å². The highest BCUT2D eigenvalue weighted by molar-refractivity contribution is 7.99. The normalized spacial score (nSPS) is 23.2. The zero-order valence-corrected chi connectivity index (χ0v) is 17.3. The molecule has 1 aliphatic heterocycles. The van der Waals surface area contributed by atoms with Crippen molar-refractivity contribution in [2.75, 3.05) is 11.1 Å². The van der Waals surface area contributed by atoms with Gasteiger partial charge >= 0.3 is 0 Å². The highest BCUT2D eigenvalue weighted by Gasteiger charge is 2.45. The Labute approximate surface area is 166 Å². The second kappa shape index (κ2) is 6.95. The van der Waals surface area contributed by atoms with Gasteiger partial charge in [0.25, 0.3) is 5.56 Å². The zero-order valence-electron chi connectivity index (χ0n) is 15.7. The number of hydrogen-bond donors (Lipinski definition) is 2. The zero-order chi connectivity index (χ0) is 19.2. The number of Topliss-reactive ketones (excluding diaryl/α,β-unsaturated/α-hetero) is 1. The molecule has 7 heteroatoms. The number of hydrogen-bond acceptors (Lipinski definition) is 6. The second-order valence-corrected chi connectivity index (χ2v) is 9.87. The van der Waals surface area contributed by atoms with E-state index < -0.39 is 0 Å². The van der Waals surface area contributed by atoms with E-state index >= 15 is 0 Å². The molecule has 27 heavy (non-hydrogen) atoms. The van der Waals surface area contributed by atoms with Crippen LogP contribution in [0, 0.1) is 11.3 Å². The molecule has 0 radical (unpaired) electrons. The largest absolute Gasteiger partial charge is 0.343 e. The summed E-state index contributed by atoms with van der Waals surface area (Å²) in [4.78, 5) is 34.7. The van der Waals surface area contributed by atoms with Crippen LogP contribution < -0.4 is 10.9 Å². The summed E-state index contributed by atoms with van der Waals surface area (Å²) in [6.07, 6.45) is 3.63. The lowest BCUT2D eigenvalue weighted by molar-refractivity contribution is -0.124. The van der Waals surface area contributed by atoms with Gasteiger partial charge in [-0.15, -0.1) is 11.3 Å². The van der Waals surface area contributed by atoms with Gasteiger partial charge < -0.3 is 10.3 Å². The predicted octanol–water partition coefficient (Wildman–Crippen LogP) is 4.39. The molecule has 0 saturated carbocycles. The molecule has 0 bridgehead atoms. The smallest absolute Gasteiger partial charge is 0.257 e. The Morgan fingerprint density at radius 3 is 2.85 bits per heavy atom. The van der Waals surface area contributed by atoms with Crippen molar-refractivity contribution in [2.24, 2.45) is 11.3 Å². The molecule has 2 N–H and O–H groups in total. The number of allylic oxidation sites excluding steroid dienone is 2. The van der Waals surface area contributed by atoms with Crippen LogP contribution >= 0.6 is 23.1 Å². The van der Waals surface area contributed by atoms with Crippen LogP contribution in [-0.4, -0.2) is 21.5 Å². The van der Waals surface area contributed by atoms with Gasteiger partial charge in [0.05, 0.1) is 11.5 Å². The third kappa shape index (κ3) is 3.38. The summed E-state index contributed by atoms with van der Waals surface area (Å²) in [5.41, 5.74) is 1.11. The van der Waals surface area contributed by atoms with Crippen LogP contribution in [0.2, 0.25) is 0 Å². The number of anilines is 1. The number of rotatable bonds is 4. The van der Waals surface area contributed by atoms with Gasteiger partial charge in [-0.3, -0.25) is 9.59 Å². The summed E-state index contributed by atoms with van der Waals surface area (Å²) in [5, 5.41) is 5.95. The lowest BCUT2D eigenvalue weighted by Gasteiger charge is -2.40. The van der Waals surface area contributed by atoms with Crippen LogP contribution in [-0.2, 0) is 4.79 Å². The van der Waals surface area contributed by atoms with E-state index in [1.807, 2.05) is 17.5 Å². The number of aromatic nitrogens is 2. The fourth-order valence-corrected chi connectivity index (χ4v) is 5.55. The average molecular weight is 402 g/mol. The molecule has 0 aromatic carbocycles.